The number of hydrogen-bond acceptors (Lipinski definition) is 5. The minimum atomic E-state index is -0.487. The van der Waals surface area contributed by atoms with E-state index in [1.807, 2.05) is 0 Å². The first-order valence-electron chi connectivity index (χ1n) is 9.04. The topological polar surface area (TPSA) is 106 Å². The van der Waals surface area contributed by atoms with E-state index in [4.69, 9.17) is 4.42 Å². The van der Waals surface area contributed by atoms with Crippen LogP contribution < -0.4 is 10.9 Å². The quantitative estimate of drug-likeness (QED) is 0.479. The van der Waals surface area contributed by atoms with Crippen LogP contribution in [0.5, 0.6) is 0 Å². The van der Waals surface area contributed by atoms with Crippen LogP contribution in [0.1, 0.15) is 16.1 Å². The van der Waals surface area contributed by atoms with Crippen molar-refractivity contribution in [2.24, 2.45) is 0 Å². The Labute approximate surface area is 168 Å². The van der Waals surface area contributed by atoms with E-state index in [9.17, 15) is 14.0 Å². The number of aromatic amines is 1. The van der Waals surface area contributed by atoms with Crippen LogP contribution in [0.15, 0.2) is 64.2 Å². The first-order valence-corrected chi connectivity index (χ1v) is 9.04. The number of H-pyrrole nitrogens is 1. The second kappa shape index (κ2) is 6.66. The fourth-order valence-corrected chi connectivity index (χ4v) is 3.39. The largest absolute Gasteiger partial charge is 0.451 e. The number of amides is 1. The molecule has 0 fully saturated rings. The fourth-order valence-electron chi connectivity index (χ4n) is 3.39. The van der Waals surface area contributed by atoms with Crippen molar-refractivity contribution in [1.82, 2.24) is 19.7 Å². The minimum absolute atomic E-state index is 0.0882. The molecule has 0 bridgehead atoms. The van der Waals surface area contributed by atoms with Crippen molar-refractivity contribution in [2.45, 2.75) is 6.92 Å². The molecule has 9 heteroatoms. The first-order chi connectivity index (χ1) is 14.5. The summed E-state index contributed by atoms with van der Waals surface area (Å²) in [6.45, 7) is 1.70. The van der Waals surface area contributed by atoms with Crippen LogP contribution in [0.2, 0.25) is 0 Å². The van der Waals surface area contributed by atoms with Crippen LogP contribution >= 0.6 is 0 Å². The molecular formula is C21H14FN5O3. The minimum Gasteiger partial charge on any atom is -0.451 e. The summed E-state index contributed by atoms with van der Waals surface area (Å²) < 4.78 is 20.7. The molecule has 0 unspecified atom stereocenters. The summed E-state index contributed by atoms with van der Waals surface area (Å²) in [6.07, 6.45) is 2.71. The van der Waals surface area contributed by atoms with Crippen molar-refractivity contribution >= 4 is 33.6 Å². The van der Waals surface area contributed by atoms with Crippen molar-refractivity contribution in [2.75, 3.05) is 5.32 Å². The molecule has 1 amide bonds. The number of halogens is 1. The van der Waals surface area contributed by atoms with E-state index in [1.54, 1.807) is 31.2 Å². The van der Waals surface area contributed by atoms with Crippen molar-refractivity contribution in [3.63, 3.8) is 0 Å². The summed E-state index contributed by atoms with van der Waals surface area (Å²) in [6, 6.07) is 11.1. The molecule has 3 aromatic heterocycles. The van der Waals surface area contributed by atoms with Crippen molar-refractivity contribution in [3.05, 3.63) is 82.5 Å². The number of carbonyl (C=O) groups excluding carboxylic acids is 1. The van der Waals surface area contributed by atoms with E-state index in [1.165, 1.54) is 35.4 Å². The average molecular weight is 403 g/mol. The highest BCUT2D eigenvalue weighted by Gasteiger charge is 2.20. The molecule has 2 N–H and O–H groups in total. The van der Waals surface area contributed by atoms with Gasteiger partial charge in [0.1, 0.15) is 16.8 Å². The van der Waals surface area contributed by atoms with E-state index in [-0.39, 0.29) is 11.3 Å². The number of nitrogens with one attached hydrogen (secondary N) is 2. The lowest BCUT2D eigenvalue weighted by Gasteiger charge is -2.11. The predicted octanol–water partition coefficient (Wildman–Crippen LogP) is 3.55. The van der Waals surface area contributed by atoms with Gasteiger partial charge in [0.05, 0.1) is 23.9 Å². The summed E-state index contributed by atoms with van der Waals surface area (Å²) in [5.41, 5.74) is 1.99. The molecule has 5 aromatic rings. The van der Waals surface area contributed by atoms with E-state index < -0.39 is 11.7 Å². The SMILES string of the molecule is Cc1c(C(=O)Nc2ccccc2-n2ncc3c(=O)[nH]cnc32)oc2ccc(F)cc12. The van der Waals surface area contributed by atoms with Gasteiger partial charge in [-0.05, 0) is 37.3 Å². The maximum atomic E-state index is 13.6. The lowest BCUT2D eigenvalue weighted by molar-refractivity contribution is 0.0998. The number of benzene rings is 2. The molecule has 30 heavy (non-hydrogen) atoms. The van der Waals surface area contributed by atoms with Crippen LogP contribution in [0.4, 0.5) is 10.1 Å². The van der Waals surface area contributed by atoms with E-state index in [0.717, 1.165) is 0 Å². The molecule has 0 saturated carbocycles. The summed E-state index contributed by atoms with van der Waals surface area (Å²) in [4.78, 5) is 31.6. The fraction of sp³-hybridized carbons (Fsp3) is 0.0476. The molecule has 0 spiro atoms. The highest BCUT2D eigenvalue weighted by Crippen LogP contribution is 2.28. The Kier molecular flexibility index (Phi) is 3.95. The summed E-state index contributed by atoms with van der Waals surface area (Å²) in [7, 11) is 0. The van der Waals surface area contributed by atoms with Crippen LogP contribution in [-0.4, -0.2) is 25.7 Å². The van der Waals surface area contributed by atoms with E-state index >= 15 is 0 Å². The number of nitrogens with zero attached hydrogens (tertiary/aromatic N) is 3. The Morgan fingerprint density at radius 2 is 2.03 bits per heavy atom. The molecule has 2 aromatic carbocycles. The van der Waals surface area contributed by atoms with E-state index in [0.29, 0.717) is 38.9 Å². The van der Waals surface area contributed by atoms with Gasteiger partial charge in [-0.3, -0.25) is 9.59 Å². The monoisotopic (exact) mass is 403 g/mol. The van der Waals surface area contributed by atoms with Gasteiger partial charge in [0.25, 0.3) is 11.5 Å². The number of hydrogen-bond donors (Lipinski definition) is 2. The van der Waals surface area contributed by atoms with Crippen molar-refractivity contribution < 1.29 is 13.6 Å². The zero-order chi connectivity index (χ0) is 20.8. The van der Waals surface area contributed by atoms with Crippen LogP contribution in [0.25, 0.3) is 27.7 Å². The van der Waals surface area contributed by atoms with Gasteiger partial charge in [-0.15, -0.1) is 0 Å². The smallest absolute Gasteiger partial charge is 0.291 e. The maximum absolute atomic E-state index is 13.6. The van der Waals surface area contributed by atoms with Gasteiger partial charge in [-0.1, -0.05) is 12.1 Å². The number of fused-ring (bicyclic) bond motifs is 2. The third-order valence-electron chi connectivity index (χ3n) is 4.86. The van der Waals surface area contributed by atoms with Gasteiger partial charge < -0.3 is 14.7 Å². The van der Waals surface area contributed by atoms with Gasteiger partial charge >= 0.3 is 0 Å². The first kappa shape index (κ1) is 17.8. The third-order valence-corrected chi connectivity index (χ3v) is 4.86. The third kappa shape index (κ3) is 2.75. The standard InChI is InChI=1S/C21H14FN5O3/c1-11-13-8-12(22)6-7-17(13)30-18(11)21(29)26-15-4-2-3-5-16(15)27-19-14(9-25-27)20(28)24-10-23-19/h2-10H,1H3,(H,26,29)(H,23,24,28). The molecule has 0 aliphatic carbocycles. The Hall–Kier alpha value is -4.27. The second-order valence-electron chi connectivity index (χ2n) is 6.69. The van der Waals surface area contributed by atoms with Crippen LogP contribution in [-0.2, 0) is 0 Å². The number of rotatable bonds is 3. The normalized spacial score (nSPS) is 11.3. The maximum Gasteiger partial charge on any atom is 0.291 e. The van der Waals surface area contributed by atoms with Crippen LogP contribution in [0, 0.1) is 12.7 Å². The van der Waals surface area contributed by atoms with Crippen LogP contribution in [0.3, 0.4) is 0 Å². The number of aromatic nitrogens is 4. The molecule has 0 saturated heterocycles. The molecular weight excluding hydrogens is 389 g/mol. The number of aryl methyl sites for hydroxylation is 1. The summed E-state index contributed by atoms with van der Waals surface area (Å²) in [5.74, 6) is -0.805. The summed E-state index contributed by atoms with van der Waals surface area (Å²) in [5, 5.41) is 7.92. The zero-order valence-electron chi connectivity index (χ0n) is 15.6. The summed E-state index contributed by atoms with van der Waals surface area (Å²) >= 11 is 0. The lowest BCUT2D eigenvalue weighted by atomic mass is 10.1. The highest BCUT2D eigenvalue weighted by atomic mass is 19.1. The number of carbonyl (C=O) groups is 1. The van der Waals surface area contributed by atoms with Crippen molar-refractivity contribution in [3.8, 4) is 5.69 Å². The van der Waals surface area contributed by atoms with Gasteiger partial charge in [-0.25, -0.2) is 14.1 Å². The van der Waals surface area contributed by atoms with Gasteiger partial charge in [0.2, 0.25) is 0 Å². The predicted molar refractivity (Wildman–Crippen MR) is 108 cm³/mol. The molecule has 5 rings (SSSR count). The Morgan fingerprint density at radius 3 is 2.90 bits per heavy atom. The van der Waals surface area contributed by atoms with Gasteiger partial charge in [-0.2, -0.15) is 5.10 Å². The number of anilines is 1. The lowest BCUT2D eigenvalue weighted by Crippen LogP contribution is -2.14. The Balaban J connectivity index is 1.57. The molecule has 3 heterocycles. The molecule has 0 atom stereocenters. The van der Waals surface area contributed by atoms with Crippen molar-refractivity contribution in [1.29, 1.82) is 0 Å². The van der Waals surface area contributed by atoms with E-state index in [2.05, 4.69) is 20.4 Å². The average Bonchev–Trinajstić information content (AvgIpc) is 3.31. The highest BCUT2D eigenvalue weighted by molar-refractivity contribution is 6.07. The molecule has 0 aliphatic heterocycles. The zero-order valence-corrected chi connectivity index (χ0v) is 15.6. The second-order valence-corrected chi connectivity index (χ2v) is 6.69. The van der Waals surface area contributed by atoms with Gasteiger partial charge in [0, 0.05) is 10.9 Å². The Morgan fingerprint density at radius 1 is 1.20 bits per heavy atom. The number of furan rings is 1. The molecule has 0 radical (unpaired) electrons. The van der Waals surface area contributed by atoms with Gasteiger partial charge in [0.15, 0.2) is 11.4 Å². The molecule has 0 aliphatic rings. The number of para-hydroxylation sites is 2. The molecule has 148 valence electrons. The molecule has 8 nitrogen and oxygen atoms in total. The Bertz CT molecular complexity index is 1500.